The first-order valence-corrected chi connectivity index (χ1v) is 5.28. The molecular weight excluding hydrogens is 235 g/mol. The summed E-state index contributed by atoms with van der Waals surface area (Å²) in [5.41, 5.74) is 1.37. The SMILES string of the molecule is Cc1cc(F)ccc1NC(=O)c1cncc(O)c1. The number of carbonyl (C=O) groups excluding carboxylic acids is 1. The van der Waals surface area contributed by atoms with Gasteiger partial charge in [0.2, 0.25) is 0 Å². The van der Waals surface area contributed by atoms with Crippen LogP contribution >= 0.6 is 0 Å². The van der Waals surface area contributed by atoms with E-state index >= 15 is 0 Å². The minimum absolute atomic E-state index is 0.0847. The smallest absolute Gasteiger partial charge is 0.257 e. The Morgan fingerprint density at radius 1 is 1.33 bits per heavy atom. The number of benzene rings is 1. The maximum Gasteiger partial charge on any atom is 0.257 e. The predicted molar refractivity (Wildman–Crippen MR) is 65.0 cm³/mol. The molecule has 1 heterocycles. The van der Waals surface area contributed by atoms with Gasteiger partial charge in [-0.3, -0.25) is 9.78 Å². The lowest BCUT2D eigenvalue weighted by Gasteiger charge is -2.08. The predicted octanol–water partition coefficient (Wildman–Crippen LogP) is 2.49. The Morgan fingerprint density at radius 2 is 2.11 bits per heavy atom. The van der Waals surface area contributed by atoms with Gasteiger partial charge in [-0.25, -0.2) is 4.39 Å². The lowest BCUT2D eigenvalue weighted by Crippen LogP contribution is -2.13. The van der Waals surface area contributed by atoms with E-state index in [-0.39, 0.29) is 17.1 Å². The van der Waals surface area contributed by atoms with Gasteiger partial charge in [-0.15, -0.1) is 0 Å². The molecule has 1 aromatic heterocycles. The van der Waals surface area contributed by atoms with E-state index in [1.165, 1.54) is 36.7 Å². The van der Waals surface area contributed by atoms with Crippen LogP contribution in [0.3, 0.4) is 0 Å². The summed E-state index contributed by atoms with van der Waals surface area (Å²) in [6.45, 7) is 1.69. The summed E-state index contributed by atoms with van der Waals surface area (Å²) in [5, 5.41) is 11.9. The summed E-state index contributed by atoms with van der Waals surface area (Å²) < 4.78 is 12.9. The van der Waals surface area contributed by atoms with Crippen molar-refractivity contribution in [2.45, 2.75) is 6.92 Å². The van der Waals surface area contributed by atoms with Crippen molar-refractivity contribution in [1.29, 1.82) is 0 Å². The van der Waals surface area contributed by atoms with Crippen LogP contribution in [0.25, 0.3) is 0 Å². The minimum atomic E-state index is -0.409. The highest BCUT2D eigenvalue weighted by Crippen LogP contribution is 2.17. The third-order valence-electron chi connectivity index (χ3n) is 2.42. The van der Waals surface area contributed by atoms with Gasteiger partial charge >= 0.3 is 0 Å². The second-order valence-corrected chi connectivity index (χ2v) is 3.85. The number of anilines is 1. The fourth-order valence-electron chi connectivity index (χ4n) is 1.51. The number of nitrogens with one attached hydrogen (secondary N) is 1. The van der Waals surface area contributed by atoms with E-state index in [2.05, 4.69) is 10.3 Å². The van der Waals surface area contributed by atoms with Gasteiger partial charge in [0.25, 0.3) is 5.91 Å². The Balaban J connectivity index is 2.21. The molecule has 0 aliphatic heterocycles. The number of pyridine rings is 1. The summed E-state index contributed by atoms with van der Waals surface area (Å²) >= 11 is 0. The van der Waals surface area contributed by atoms with E-state index in [0.29, 0.717) is 11.3 Å². The zero-order valence-electron chi connectivity index (χ0n) is 9.64. The van der Waals surface area contributed by atoms with Crippen molar-refractivity contribution >= 4 is 11.6 Å². The highest BCUT2D eigenvalue weighted by molar-refractivity contribution is 6.04. The minimum Gasteiger partial charge on any atom is -0.506 e. The van der Waals surface area contributed by atoms with Crippen LogP contribution < -0.4 is 5.32 Å². The molecule has 0 bridgehead atoms. The largest absolute Gasteiger partial charge is 0.506 e. The molecule has 0 spiro atoms. The standard InChI is InChI=1S/C13H11FN2O2/c1-8-4-10(14)2-3-12(8)16-13(18)9-5-11(17)7-15-6-9/h2-7,17H,1H3,(H,16,18). The van der Waals surface area contributed by atoms with E-state index in [1.54, 1.807) is 6.92 Å². The molecule has 0 aliphatic carbocycles. The van der Waals surface area contributed by atoms with Gasteiger partial charge in [0.1, 0.15) is 11.6 Å². The highest BCUT2D eigenvalue weighted by Gasteiger charge is 2.09. The zero-order valence-corrected chi connectivity index (χ0v) is 9.64. The number of nitrogens with zero attached hydrogens (tertiary/aromatic N) is 1. The number of rotatable bonds is 2. The molecule has 2 rings (SSSR count). The Bertz CT molecular complexity index is 599. The average Bonchev–Trinajstić information content (AvgIpc) is 2.32. The Morgan fingerprint density at radius 3 is 2.78 bits per heavy atom. The molecular formula is C13H11FN2O2. The molecule has 18 heavy (non-hydrogen) atoms. The van der Waals surface area contributed by atoms with Crippen molar-refractivity contribution in [1.82, 2.24) is 4.98 Å². The van der Waals surface area contributed by atoms with Crippen molar-refractivity contribution < 1.29 is 14.3 Å². The monoisotopic (exact) mass is 246 g/mol. The van der Waals surface area contributed by atoms with Crippen LogP contribution in [0.5, 0.6) is 5.75 Å². The summed E-state index contributed by atoms with van der Waals surface area (Å²) in [6, 6.07) is 5.39. The molecule has 0 fully saturated rings. The lowest BCUT2D eigenvalue weighted by atomic mass is 10.2. The van der Waals surface area contributed by atoms with E-state index in [4.69, 9.17) is 0 Å². The first kappa shape index (κ1) is 12.0. The maximum absolute atomic E-state index is 12.9. The molecule has 92 valence electrons. The van der Waals surface area contributed by atoms with Gasteiger partial charge in [-0.05, 0) is 36.8 Å². The van der Waals surface area contributed by atoms with Crippen LogP contribution in [0.2, 0.25) is 0 Å². The number of aromatic hydroxyl groups is 1. The van der Waals surface area contributed by atoms with Crippen LogP contribution in [0.1, 0.15) is 15.9 Å². The summed E-state index contributed by atoms with van der Waals surface area (Å²) in [5.74, 6) is -0.851. The van der Waals surface area contributed by atoms with E-state index in [9.17, 15) is 14.3 Å². The van der Waals surface area contributed by atoms with Gasteiger partial charge in [0.05, 0.1) is 11.8 Å². The Labute approximate surface area is 103 Å². The van der Waals surface area contributed by atoms with Gasteiger partial charge in [0.15, 0.2) is 0 Å². The van der Waals surface area contributed by atoms with Crippen LogP contribution in [-0.2, 0) is 0 Å². The Hall–Kier alpha value is -2.43. The fraction of sp³-hybridized carbons (Fsp3) is 0.0769. The number of halogens is 1. The molecule has 0 saturated heterocycles. The van der Waals surface area contributed by atoms with E-state index < -0.39 is 5.91 Å². The first-order chi connectivity index (χ1) is 8.56. The summed E-state index contributed by atoms with van der Waals surface area (Å²) in [6.07, 6.45) is 2.58. The van der Waals surface area contributed by atoms with Crippen LogP contribution in [0.4, 0.5) is 10.1 Å². The van der Waals surface area contributed by atoms with Gasteiger partial charge in [-0.1, -0.05) is 0 Å². The van der Waals surface area contributed by atoms with Gasteiger partial charge in [0, 0.05) is 11.9 Å². The number of aryl methyl sites for hydroxylation is 1. The molecule has 0 unspecified atom stereocenters. The van der Waals surface area contributed by atoms with E-state index in [1.807, 2.05) is 0 Å². The lowest BCUT2D eigenvalue weighted by molar-refractivity contribution is 0.102. The maximum atomic E-state index is 12.9. The molecule has 0 saturated carbocycles. The topological polar surface area (TPSA) is 62.2 Å². The molecule has 1 amide bonds. The second-order valence-electron chi connectivity index (χ2n) is 3.85. The zero-order chi connectivity index (χ0) is 13.1. The molecule has 2 aromatic rings. The number of amides is 1. The summed E-state index contributed by atoms with van der Waals surface area (Å²) in [4.78, 5) is 15.6. The number of hydrogen-bond donors (Lipinski definition) is 2. The number of carbonyl (C=O) groups is 1. The van der Waals surface area contributed by atoms with E-state index in [0.717, 1.165) is 0 Å². The molecule has 0 radical (unpaired) electrons. The van der Waals surface area contributed by atoms with Gasteiger partial charge in [-0.2, -0.15) is 0 Å². The van der Waals surface area contributed by atoms with Crippen molar-refractivity contribution in [2.24, 2.45) is 0 Å². The normalized spacial score (nSPS) is 10.1. The Kier molecular flexibility index (Phi) is 3.23. The quantitative estimate of drug-likeness (QED) is 0.855. The van der Waals surface area contributed by atoms with Crippen molar-refractivity contribution in [3.05, 3.63) is 53.6 Å². The van der Waals surface area contributed by atoms with Crippen LogP contribution in [-0.4, -0.2) is 16.0 Å². The van der Waals surface area contributed by atoms with Gasteiger partial charge < -0.3 is 10.4 Å². The fourth-order valence-corrected chi connectivity index (χ4v) is 1.51. The highest BCUT2D eigenvalue weighted by atomic mass is 19.1. The van der Waals surface area contributed by atoms with Crippen molar-refractivity contribution in [3.63, 3.8) is 0 Å². The van der Waals surface area contributed by atoms with Crippen molar-refractivity contribution in [2.75, 3.05) is 5.32 Å². The molecule has 4 nitrogen and oxygen atoms in total. The number of hydrogen-bond acceptors (Lipinski definition) is 3. The molecule has 1 aromatic carbocycles. The van der Waals surface area contributed by atoms with Crippen LogP contribution in [0.15, 0.2) is 36.7 Å². The molecule has 0 atom stereocenters. The third kappa shape index (κ3) is 2.63. The molecule has 0 aliphatic rings. The van der Waals surface area contributed by atoms with Crippen LogP contribution in [0, 0.1) is 12.7 Å². The molecule has 2 N–H and O–H groups in total. The number of aromatic nitrogens is 1. The third-order valence-corrected chi connectivity index (χ3v) is 2.42. The molecule has 5 heteroatoms. The summed E-state index contributed by atoms with van der Waals surface area (Å²) in [7, 11) is 0. The average molecular weight is 246 g/mol. The first-order valence-electron chi connectivity index (χ1n) is 5.28. The van der Waals surface area contributed by atoms with Crippen molar-refractivity contribution in [3.8, 4) is 5.75 Å². The second kappa shape index (κ2) is 4.83.